The molecule has 1 heterocycles. The van der Waals surface area contributed by atoms with Crippen LogP contribution in [0.4, 0.5) is 5.69 Å². The van der Waals surface area contributed by atoms with Gasteiger partial charge in [0, 0.05) is 26.4 Å². The minimum Gasteiger partial charge on any atom is -0.571 e. The molecule has 104 valence electrons. The molecule has 0 spiro atoms. The summed E-state index contributed by atoms with van der Waals surface area (Å²) in [5.74, 6) is 0.472. The molecule has 0 saturated carbocycles. The van der Waals surface area contributed by atoms with Crippen molar-refractivity contribution in [1.29, 1.82) is 0 Å². The van der Waals surface area contributed by atoms with E-state index in [0.29, 0.717) is 17.0 Å². The van der Waals surface area contributed by atoms with Crippen LogP contribution in [0.1, 0.15) is 5.89 Å². The van der Waals surface area contributed by atoms with Crippen LogP contribution in [0.15, 0.2) is 57.8 Å². The third-order valence-corrected chi connectivity index (χ3v) is 4.07. The molecule has 3 rings (SSSR count). The predicted octanol–water partition coefficient (Wildman–Crippen LogP) is 3.53. The molecule has 0 aliphatic carbocycles. The molecule has 0 fully saturated rings. The van der Waals surface area contributed by atoms with E-state index in [1.807, 2.05) is 0 Å². The van der Waals surface area contributed by atoms with Crippen LogP contribution in [-0.4, -0.2) is 13.4 Å². The first-order valence-electron chi connectivity index (χ1n) is 5.95. The number of benzene rings is 2. The SMILES string of the molecule is Cc1nc2c([N-]S(=O)(=O)c3ccccc3)cccc2o1.[Zn]. The van der Waals surface area contributed by atoms with Crippen LogP contribution >= 0.6 is 0 Å². The van der Waals surface area contributed by atoms with E-state index in [9.17, 15) is 8.42 Å². The summed E-state index contributed by atoms with van der Waals surface area (Å²) in [7, 11) is -3.75. The van der Waals surface area contributed by atoms with Gasteiger partial charge in [0.05, 0.1) is 10.4 Å². The standard InChI is InChI=1S/C14H11N2O3S.Zn/c1-10-15-14-12(8-5-9-13(14)19-10)16-20(17,18)11-6-3-2-4-7-11;/h2-9H,1H3;/q-1;. The third kappa shape index (κ3) is 3.14. The minimum absolute atomic E-state index is 0. The zero-order chi connectivity index (χ0) is 14.2. The van der Waals surface area contributed by atoms with Gasteiger partial charge in [-0.05, 0) is 18.2 Å². The van der Waals surface area contributed by atoms with Gasteiger partial charge in [-0.25, -0.2) is 13.4 Å². The van der Waals surface area contributed by atoms with E-state index in [4.69, 9.17) is 4.42 Å². The van der Waals surface area contributed by atoms with Gasteiger partial charge in [0.15, 0.2) is 11.5 Å². The molecule has 0 unspecified atom stereocenters. The third-order valence-electron chi connectivity index (χ3n) is 2.76. The Bertz CT molecular complexity index is 860. The fourth-order valence-corrected chi connectivity index (χ4v) is 2.91. The van der Waals surface area contributed by atoms with E-state index < -0.39 is 10.0 Å². The number of oxazole rings is 1. The molecule has 0 aliphatic heterocycles. The van der Waals surface area contributed by atoms with Crippen LogP contribution in [0.3, 0.4) is 0 Å². The van der Waals surface area contributed by atoms with Gasteiger partial charge >= 0.3 is 0 Å². The molecule has 0 radical (unpaired) electrons. The van der Waals surface area contributed by atoms with E-state index >= 15 is 0 Å². The van der Waals surface area contributed by atoms with Crippen molar-refractivity contribution in [2.45, 2.75) is 11.8 Å². The van der Waals surface area contributed by atoms with E-state index in [1.165, 1.54) is 12.1 Å². The fourth-order valence-electron chi connectivity index (χ4n) is 1.89. The largest absolute Gasteiger partial charge is 0.571 e. The van der Waals surface area contributed by atoms with E-state index in [0.717, 1.165) is 0 Å². The Kier molecular flexibility index (Phi) is 4.44. The van der Waals surface area contributed by atoms with Gasteiger partial charge < -0.3 is 9.14 Å². The van der Waals surface area contributed by atoms with Crippen LogP contribution < -0.4 is 0 Å². The Balaban J connectivity index is 0.00000161. The smallest absolute Gasteiger partial charge is 0.192 e. The average molecular weight is 353 g/mol. The number of hydrogen-bond donors (Lipinski definition) is 0. The van der Waals surface area contributed by atoms with Crippen LogP contribution in [0.25, 0.3) is 15.8 Å². The first-order valence-corrected chi connectivity index (χ1v) is 7.39. The number of aromatic nitrogens is 1. The summed E-state index contributed by atoms with van der Waals surface area (Å²) in [6.07, 6.45) is 0. The summed E-state index contributed by atoms with van der Waals surface area (Å²) >= 11 is 0. The Morgan fingerprint density at radius 3 is 2.48 bits per heavy atom. The Morgan fingerprint density at radius 2 is 1.76 bits per heavy atom. The number of nitrogens with zero attached hydrogens (tertiary/aromatic N) is 2. The molecule has 5 nitrogen and oxygen atoms in total. The number of sulfonamides is 1. The monoisotopic (exact) mass is 351 g/mol. The van der Waals surface area contributed by atoms with Crippen molar-refractivity contribution in [2.24, 2.45) is 0 Å². The minimum atomic E-state index is -3.75. The van der Waals surface area contributed by atoms with Crippen molar-refractivity contribution in [2.75, 3.05) is 0 Å². The molecule has 2 aromatic carbocycles. The summed E-state index contributed by atoms with van der Waals surface area (Å²) in [5.41, 5.74) is 1.25. The number of rotatable bonds is 3. The van der Waals surface area contributed by atoms with Crippen LogP contribution in [0.2, 0.25) is 0 Å². The summed E-state index contributed by atoms with van der Waals surface area (Å²) in [5, 5.41) is 0. The van der Waals surface area contributed by atoms with Gasteiger partial charge in [0.25, 0.3) is 0 Å². The van der Waals surface area contributed by atoms with E-state index in [-0.39, 0.29) is 30.1 Å². The Hall–Kier alpha value is -1.72. The van der Waals surface area contributed by atoms with Gasteiger partial charge in [-0.1, -0.05) is 36.0 Å². The molecule has 0 saturated heterocycles. The van der Waals surface area contributed by atoms with E-state index in [2.05, 4.69) is 9.71 Å². The van der Waals surface area contributed by atoms with Crippen molar-refractivity contribution in [1.82, 2.24) is 4.98 Å². The Labute approximate surface area is 135 Å². The van der Waals surface area contributed by atoms with Crippen molar-refractivity contribution in [3.8, 4) is 0 Å². The average Bonchev–Trinajstić information content (AvgIpc) is 2.81. The van der Waals surface area contributed by atoms with E-state index in [1.54, 1.807) is 43.3 Å². The Morgan fingerprint density at radius 1 is 1.05 bits per heavy atom. The molecule has 21 heavy (non-hydrogen) atoms. The second-order valence-corrected chi connectivity index (χ2v) is 5.84. The summed E-state index contributed by atoms with van der Waals surface area (Å²) < 4.78 is 33.7. The maximum Gasteiger partial charge on any atom is 0.192 e. The maximum atomic E-state index is 12.2. The van der Waals surface area contributed by atoms with Gasteiger partial charge in [0.2, 0.25) is 0 Å². The van der Waals surface area contributed by atoms with Crippen LogP contribution in [0.5, 0.6) is 0 Å². The first-order chi connectivity index (χ1) is 9.56. The zero-order valence-corrected chi connectivity index (χ0v) is 15.1. The number of aryl methyl sites for hydroxylation is 1. The normalized spacial score (nSPS) is 11.1. The molecule has 3 aromatic rings. The second-order valence-electron chi connectivity index (χ2n) is 4.24. The number of hydrogen-bond acceptors (Lipinski definition) is 4. The number of para-hydroxylation sites is 1. The molecular formula is C14H11N2O3SZn-. The predicted molar refractivity (Wildman–Crippen MR) is 75.4 cm³/mol. The fraction of sp³-hybridized carbons (Fsp3) is 0.0714. The quantitative estimate of drug-likeness (QED) is 0.676. The molecule has 0 aliphatic rings. The van der Waals surface area contributed by atoms with Crippen molar-refractivity contribution >= 4 is 26.8 Å². The van der Waals surface area contributed by atoms with Gasteiger partial charge in [-0.15, -0.1) is 0 Å². The summed E-state index contributed by atoms with van der Waals surface area (Å²) in [6.45, 7) is 1.70. The molecule has 0 atom stereocenters. The summed E-state index contributed by atoms with van der Waals surface area (Å²) in [6, 6.07) is 13.1. The summed E-state index contributed by atoms with van der Waals surface area (Å²) in [4.78, 5) is 4.32. The van der Waals surface area contributed by atoms with Crippen molar-refractivity contribution < 1.29 is 32.3 Å². The molecule has 0 amide bonds. The molecule has 1 aromatic heterocycles. The van der Waals surface area contributed by atoms with Crippen molar-refractivity contribution in [3.05, 3.63) is 59.1 Å². The topological polar surface area (TPSA) is 74.3 Å². The molecular weight excluding hydrogens is 342 g/mol. The molecule has 7 heteroatoms. The zero-order valence-electron chi connectivity index (χ0n) is 11.4. The molecule has 0 N–H and O–H groups in total. The van der Waals surface area contributed by atoms with Gasteiger partial charge in [-0.2, -0.15) is 0 Å². The first kappa shape index (κ1) is 15.7. The van der Waals surface area contributed by atoms with Gasteiger partial charge in [-0.3, -0.25) is 0 Å². The van der Waals surface area contributed by atoms with Gasteiger partial charge in [0.1, 0.15) is 10.0 Å². The van der Waals surface area contributed by atoms with Crippen LogP contribution in [0, 0.1) is 6.92 Å². The molecule has 0 bridgehead atoms. The van der Waals surface area contributed by atoms with Crippen LogP contribution in [-0.2, 0) is 29.5 Å². The number of fused-ring (bicyclic) bond motifs is 1. The van der Waals surface area contributed by atoms with Crippen molar-refractivity contribution in [3.63, 3.8) is 0 Å². The second kappa shape index (κ2) is 5.96. The maximum absolute atomic E-state index is 12.2.